The molecule has 2 aromatic heterocycles. The molecule has 3 nitrogen and oxygen atoms in total. The number of aromatic nitrogens is 2. The normalized spacial score (nSPS) is 10.7. The van der Waals surface area contributed by atoms with E-state index in [0.717, 1.165) is 11.1 Å². The predicted octanol–water partition coefficient (Wildman–Crippen LogP) is 2.90. The summed E-state index contributed by atoms with van der Waals surface area (Å²) in [6.45, 7) is 2.01. The summed E-state index contributed by atoms with van der Waals surface area (Å²) in [4.78, 5) is 19.6. The van der Waals surface area contributed by atoms with Crippen LogP contribution in [-0.2, 0) is 0 Å². The summed E-state index contributed by atoms with van der Waals surface area (Å²) in [5.74, 6) is 0. The highest BCUT2D eigenvalue weighted by molar-refractivity contribution is 5.80. The fraction of sp³-hybridized carbons (Fsp3) is 0.0667. The van der Waals surface area contributed by atoms with Crippen molar-refractivity contribution in [3.8, 4) is 11.1 Å². The number of aryl methyl sites for hydroxylation is 1. The van der Waals surface area contributed by atoms with Gasteiger partial charge in [-0.1, -0.05) is 29.8 Å². The molecule has 3 heteroatoms. The minimum absolute atomic E-state index is 0.0162. The minimum Gasteiger partial charge on any atom is -0.345 e. The van der Waals surface area contributed by atoms with E-state index in [0.29, 0.717) is 16.6 Å². The van der Waals surface area contributed by atoms with Gasteiger partial charge in [-0.2, -0.15) is 0 Å². The zero-order valence-electron chi connectivity index (χ0n) is 9.97. The fourth-order valence-electron chi connectivity index (χ4n) is 2.08. The summed E-state index contributed by atoms with van der Waals surface area (Å²) in [7, 11) is 0. The van der Waals surface area contributed by atoms with Gasteiger partial charge in [-0.15, -0.1) is 0 Å². The molecule has 0 saturated carbocycles. The zero-order valence-corrected chi connectivity index (χ0v) is 9.97. The minimum atomic E-state index is 0.0162. The third kappa shape index (κ3) is 1.70. The van der Waals surface area contributed by atoms with E-state index in [2.05, 4.69) is 9.97 Å². The Balaban J connectivity index is 2.31. The number of aromatic amines is 1. The highest BCUT2D eigenvalue weighted by Crippen LogP contribution is 2.17. The Morgan fingerprint density at radius 3 is 2.89 bits per heavy atom. The molecule has 0 amide bonds. The molecule has 0 spiro atoms. The van der Waals surface area contributed by atoms with Crippen LogP contribution >= 0.6 is 0 Å². The molecule has 0 atom stereocenters. The van der Waals surface area contributed by atoms with E-state index >= 15 is 0 Å². The molecule has 0 bridgehead atoms. The van der Waals surface area contributed by atoms with Crippen LogP contribution < -0.4 is 5.43 Å². The average molecular weight is 236 g/mol. The van der Waals surface area contributed by atoms with Gasteiger partial charge in [0.05, 0.1) is 5.39 Å². The van der Waals surface area contributed by atoms with Crippen LogP contribution in [-0.4, -0.2) is 9.97 Å². The number of nitrogens with zero attached hydrogens (tertiary/aromatic N) is 1. The standard InChI is InChI=1S/C15H12N2O/c1-10-4-2-5-11(8-10)13-9-17-15-12(14(13)18)6-3-7-16-15/h2-9H,1H3,(H,16,17,18). The van der Waals surface area contributed by atoms with Crippen molar-refractivity contribution < 1.29 is 0 Å². The first-order valence-corrected chi connectivity index (χ1v) is 5.79. The number of rotatable bonds is 1. The lowest BCUT2D eigenvalue weighted by Gasteiger charge is -2.03. The van der Waals surface area contributed by atoms with Crippen molar-refractivity contribution in [1.82, 2.24) is 9.97 Å². The molecule has 3 aromatic rings. The number of pyridine rings is 2. The summed E-state index contributed by atoms with van der Waals surface area (Å²) in [5, 5.41) is 0.622. The van der Waals surface area contributed by atoms with E-state index in [-0.39, 0.29) is 5.43 Å². The number of hydrogen-bond acceptors (Lipinski definition) is 2. The van der Waals surface area contributed by atoms with Crippen molar-refractivity contribution in [2.45, 2.75) is 6.92 Å². The maximum Gasteiger partial charge on any atom is 0.198 e. The molecule has 0 radical (unpaired) electrons. The first-order valence-electron chi connectivity index (χ1n) is 5.79. The second-order valence-corrected chi connectivity index (χ2v) is 4.30. The topological polar surface area (TPSA) is 45.8 Å². The van der Waals surface area contributed by atoms with E-state index in [1.807, 2.05) is 31.2 Å². The third-order valence-corrected chi connectivity index (χ3v) is 2.98. The molecule has 88 valence electrons. The van der Waals surface area contributed by atoms with Gasteiger partial charge in [0.2, 0.25) is 0 Å². The van der Waals surface area contributed by atoms with Gasteiger partial charge in [0.25, 0.3) is 0 Å². The highest BCUT2D eigenvalue weighted by Gasteiger charge is 2.07. The molecular formula is C15H12N2O. The number of H-pyrrole nitrogens is 1. The number of nitrogens with one attached hydrogen (secondary N) is 1. The van der Waals surface area contributed by atoms with E-state index in [1.165, 1.54) is 0 Å². The highest BCUT2D eigenvalue weighted by atomic mass is 16.1. The number of benzene rings is 1. The Morgan fingerprint density at radius 1 is 1.17 bits per heavy atom. The zero-order chi connectivity index (χ0) is 12.5. The second-order valence-electron chi connectivity index (χ2n) is 4.30. The van der Waals surface area contributed by atoms with Crippen molar-refractivity contribution in [2.24, 2.45) is 0 Å². The Hall–Kier alpha value is -2.42. The van der Waals surface area contributed by atoms with Gasteiger partial charge in [0.15, 0.2) is 5.43 Å². The molecule has 2 heterocycles. The van der Waals surface area contributed by atoms with Crippen LogP contribution in [0.4, 0.5) is 0 Å². The summed E-state index contributed by atoms with van der Waals surface area (Å²) in [6, 6.07) is 11.5. The van der Waals surface area contributed by atoms with Crippen molar-refractivity contribution in [1.29, 1.82) is 0 Å². The van der Waals surface area contributed by atoms with Crippen molar-refractivity contribution in [3.63, 3.8) is 0 Å². The van der Waals surface area contributed by atoms with Gasteiger partial charge < -0.3 is 4.98 Å². The maximum absolute atomic E-state index is 12.4. The van der Waals surface area contributed by atoms with E-state index < -0.39 is 0 Å². The first-order chi connectivity index (χ1) is 8.75. The molecule has 1 aromatic carbocycles. The smallest absolute Gasteiger partial charge is 0.198 e. The largest absolute Gasteiger partial charge is 0.345 e. The van der Waals surface area contributed by atoms with E-state index in [4.69, 9.17) is 0 Å². The SMILES string of the molecule is Cc1cccc(-c2c[nH]c3ncccc3c2=O)c1. The van der Waals surface area contributed by atoms with Gasteiger partial charge in [-0.25, -0.2) is 4.98 Å². The van der Waals surface area contributed by atoms with Crippen LogP contribution in [0.15, 0.2) is 53.6 Å². The Bertz CT molecular complexity index is 775. The van der Waals surface area contributed by atoms with Crippen LogP contribution in [0.3, 0.4) is 0 Å². The summed E-state index contributed by atoms with van der Waals surface area (Å²) in [6.07, 6.45) is 3.40. The summed E-state index contributed by atoms with van der Waals surface area (Å²) in [5.41, 5.74) is 3.39. The van der Waals surface area contributed by atoms with Crippen LogP contribution in [0.25, 0.3) is 22.2 Å². The monoisotopic (exact) mass is 236 g/mol. The number of hydrogen-bond donors (Lipinski definition) is 1. The lowest BCUT2D eigenvalue weighted by atomic mass is 10.0. The van der Waals surface area contributed by atoms with Crippen LogP contribution in [0.2, 0.25) is 0 Å². The molecule has 0 aliphatic carbocycles. The Labute approximate surface area is 104 Å². The van der Waals surface area contributed by atoms with Crippen molar-refractivity contribution >= 4 is 11.0 Å². The molecule has 0 saturated heterocycles. The van der Waals surface area contributed by atoms with E-state index in [9.17, 15) is 4.79 Å². The quantitative estimate of drug-likeness (QED) is 0.706. The predicted molar refractivity (Wildman–Crippen MR) is 72.5 cm³/mol. The molecular weight excluding hydrogens is 224 g/mol. The maximum atomic E-state index is 12.4. The van der Waals surface area contributed by atoms with Gasteiger partial charge >= 0.3 is 0 Å². The average Bonchev–Trinajstić information content (AvgIpc) is 2.39. The molecule has 0 fully saturated rings. The molecule has 3 rings (SSSR count). The van der Waals surface area contributed by atoms with E-state index in [1.54, 1.807) is 24.5 Å². The first kappa shape index (κ1) is 10.7. The van der Waals surface area contributed by atoms with Crippen LogP contribution in [0, 0.1) is 6.92 Å². The third-order valence-electron chi connectivity index (χ3n) is 2.98. The van der Waals surface area contributed by atoms with Crippen molar-refractivity contribution in [2.75, 3.05) is 0 Å². The fourth-order valence-corrected chi connectivity index (χ4v) is 2.08. The molecule has 0 aliphatic rings. The molecule has 0 aliphatic heterocycles. The Kier molecular flexibility index (Phi) is 2.45. The molecule has 1 N–H and O–H groups in total. The van der Waals surface area contributed by atoms with Gasteiger partial charge in [-0.3, -0.25) is 4.79 Å². The second kappa shape index (κ2) is 4.11. The number of fused-ring (bicyclic) bond motifs is 1. The Morgan fingerprint density at radius 2 is 2.06 bits per heavy atom. The summed E-state index contributed by atoms with van der Waals surface area (Å²) >= 11 is 0. The van der Waals surface area contributed by atoms with Crippen LogP contribution in [0.1, 0.15) is 5.56 Å². The van der Waals surface area contributed by atoms with Gasteiger partial charge in [0, 0.05) is 18.0 Å². The lowest BCUT2D eigenvalue weighted by Crippen LogP contribution is -2.07. The molecule has 0 unspecified atom stereocenters. The van der Waals surface area contributed by atoms with Gasteiger partial charge in [-0.05, 0) is 24.6 Å². The van der Waals surface area contributed by atoms with Crippen LogP contribution in [0.5, 0.6) is 0 Å². The lowest BCUT2D eigenvalue weighted by molar-refractivity contribution is 1.27. The van der Waals surface area contributed by atoms with Gasteiger partial charge in [0.1, 0.15) is 5.65 Å². The summed E-state index contributed by atoms with van der Waals surface area (Å²) < 4.78 is 0. The molecule has 18 heavy (non-hydrogen) atoms. The van der Waals surface area contributed by atoms with Crippen molar-refractivity contribution in [3.05, 3.63) is 64.6 Å².